The van der Waals surface area contributed by atoms with Gasteiger partial charge in [-0.25, -0.2) is 8.42 Å². The normalized spacial score (nSPS) is 12.3. The second-order valence-corrected chi connectivity index (χ2v) is 8.85. The van der Waals surface area contributed by atoms with Gasteiger partial charge in [0.25, 0.3) is 0 Å². The Labute approximate surface area is 175 Å². The molecule has 0 aliphatic rings. The topological polar surface area (TPSA) is 75.7 Å². The number of benzene rings is 2. The van der Waals surface area contributed by atoms with Crippen LogP contribution in [-0.4, -0.2) is 33.7 Å². The fourth-order valence-electron chi connectivity index (χ4n) is 2.74. The molecule has 1 N–H and O–H groups in total. The van der Waals surface area contributed by atoms with Crippen molar-refractivity contribution in [3.63, 3.8) is 0 Å². The summed E-state index contributed by atoms with van der Waals surface area (Å²) in [4.78, 5) is 12.8. The zero-order valence-corrected chi connectivity index (χ0v) is 18.1. The first kappa shape index (κ1) is 22.3. The molecule has 0 aliphatic carbocycles. The highest BCUT2D eigenvalue weighted by atomic mass is 35.5. The minimum Gasteiger partial charge on any atom is -0.497 e. The van der Waals surface area contributed by atoms with Crippen molar-refractivity contribution in [2.45, 2.75) is 25.9 Å². The Morgan fingerprint density at radius 1 is 1.18 bits per heavy atom. The van der Waals surface area contributed by atoms with Crippen molar-refractivity contribution in [1.29, 1.82) is 0 Å². The van der Waals surface area contributed by atoms with Crippen molar-refractivity contribution < 1.29 is 17.9 Å². The Morgan fingerprint density at radius 3 is 2.36 bits per heavy atom. The molecule has 0 saturated carbocycles. The Hall–Kier alpha value is -1.96. The molecule has 0 heterocycles. The van der Waals surface area contributed by atoms with Gasteiger partial charge in [-0.3, -0.25) is 9.10 Å². The van der Waals surface area contributed by atoms with Crippen LogP contribution in [0.4, 0.5) is 5.69 Å². The number of nitrogens with one attached hydrogen (secondary N) is 1. The van der Waals surface area contributed by atoms with Gasteiger partial charge in [-0.05, 0) is 42.3 Å². The Kier molecular flexibility index (Phi) is 7.57. The number of hydrogen-bond acceptors (Lipinski definition) is 4. The summed E-state index contributed by atoms with van der Waals surface area (Å²) in [6, 6.07) is 10.7. The molecule has 0 aliphatic heterocycles. The highest BCUT2D eigenvalue weighted by Gasteiger charge is 2.32. The van der Waals surface area contributed by atoms with Gasteiger partial charge in [0, 0.05) is 11.6 Å². The fourth-order valence-corrected chi connectivity index (χ4v) is 4.38. The lowest BCUT2D eigenvalue weighted by Gasteiger charge is -2.30. The zero-order valence-electron chi connectivity index (χ0n) is 15.8. The maximum absolute atomic E-state index is 12.8. The van der Waals surface area contributed by atoms with E-state index in [1.165, 1.54) is 12.1 Å². The van der Waals surface area contributed by atoms with Crippen LogP contribution in [0.2, 0.25) is 10.0 Å². The number of rotatable bonds is 8. The third-order valence-electron chi connectivity index (χ3n) is 4.10. The van der Waals surface area contributed by atoms with E-state index in [1.807, 2.05) is 12.1 Å². The van der Waals surface area contributed by atoms with Crippen molar-refractivity contribution in [2.24, 2.45) is 0 Å². The van der Waals surface area contributed by atoms with Crippen molar-refractivity contribution in [3.05, 3.63) is 58.1 Å². The molecule has 1 amide bonds. The first-order valence-electron chi connectivity index (χ1n) is 8.52. The lowest BCUT2D eigenvalue weighted by Crippen LogP contribution is -2.49. The first-order chi connectivity index (χ1) is 13.2. The van der Waals surface area contributed by atoms with Crippen LogP contribution in [0.5, 0.6) is 5.75 Å². The molecule has 9 heteroatoms. The molecule has 0 bridgehead atoms. The number of carbonyl (C=O) groups excluding carboxylic acids is 1. The monoisotopic (exact) mass is 444 g/mol. The molecule has 0 fully saturated rings. The van der Waals surface area contributed by atoms with Crippen molar-refractivity contribution in [2.75, 3.05) is 17.7 Å². The Morgan fingerprint density at radius 2 is 1.82 bits per heavy atom. The molecule has 2 aromatic carbocycles. The highest BCUT2D eigenvalue weighted by Crippen LogP contribution is 2.32. The van der Waals surface area contributed by atoms with Gasteiger partial charge in [0.05, 0.1) is 24.1 Å². The number of amides is 1. The minimum atomic E-state index is -3.79. The van der Waals surface area contributed by atoms with Crippen molar-refractivity contribution in [1.82, 2.24) is 5.32 Å². The largest absolute Gasteiger partial charge is 0.497 e. The standard InChI is InChI=1S/C19H22Cl2N2O4S/c1-4-17(19(24)22-12-13-5-8-15(27-2)9-6-13)23(28(3,25)26)18-11-14(20)7-10-16(18)21/h5-11,17H,4,12H2,1-3H3,(H,22,24)/t17-/m1/s1. The molecule has 28 heavy (non-hydrogen) atoms. The highest BCUT2D eigenvalue weighted by molar-refractivity contribution is 7.92. The molecular formula is C19H22Cl2N2O4S. The molecule has 0 radical (unpaired) electrons. The number of ether oxygens (including phenoxy) is 1. The minimum absolute atomic E-state index is 0.170. The summed E-state index contributed by atoms with van der Waals surface area (Å²) in [5.41, 5.74) is 1.03. The number of nitrogens with zero attached hydrogens (tertiary/aromatic N) is 1. The fraction of sp³-hybridized carbons (Fsp3) is 0.316. The lowest BCUT2D eigenvalue weighted by atomic mass is 10.1. The van der Waals surface area contributed by atoms with E-state index in [0.717, 1.165) is 16.1 Å². The van der Waals surface area contributed by atoms with Crippen molar-refractivity contribution >= 4 is 44.8 Å². The van der Waals surface area contributed by atoms with Crippen LogP contribution in [0.15, 0.2) is 42.5 Å². The van der Waals surface area contributed by atoms with E-state index in [4.69, 9.17) is 27.9 Å². The van der Waals surface area contributed by atoms with Crippen LogP contribution in [-0.2, 0) is 21.4 Å². The molecule has 0 aromatic heterocycles. The molecule has 0 saturated heterocycles. The predicted molar refractivity (Wildman–Crippen MR) is 113 cm³/mol. The zero-order chi connectivity index (χ0) is 20.9. The van der Waals surface area contributed by atoms with Gasteiger partial charge in [-0.1, -0.05) is 42.3 Å². The number of sulfonamides is 1. The van der Waals surface area contributed by atoms with Crippen LogP contribution >= 0.6 is 23.2 Å². The number of methoxy groups -OCH3 is 1. The third kappa shape index (κ3) is 5.53. The summed E-state index contributed by atoms with van der Waals surface area (Å²) in [6.45, 7) is 1.98. The quantitative estimate of drug-likeness (QED) is 0.670. The average Bonchev–Trinajstić information content (AvgIpc) is 2.65. The molecule has 0 unspecified atom stereocenters. The third-order valence-corrected chi connectivity index (χ3v) is 5.82. The second kappa shape index (κ2) is 9.49. The van der Waals surface area contributed by atoms with Gasteiger partial charge < -0.3 is 10.1 Å². The van der Waals surface area contributed by atoms with Crippen molar-refractivity contribution in [3.8, 4) is 5.75 Å². The molecular weight excluding hydrogens is 423 g/mol. The van der Waals surface area contributed by atoms with E-state index >= 15 is 0 Å². The molecule has 6 nitrogen and oxygen atoms in total. The second-order valence-electron chi connectivity index (χ2n) is 6.14. The van der Waals surface area contributed by atoms with Crippen LogP contribution in [0.25, 0.3) is 0 Å². The van der Waals surface area contributed by atoms with Crippen LogP contribution in [0.1, 0.15) is 18.9 Å². The molecule has 152 valence electrons. The summed E-state index contributed by atoms with van der Waals surface area (Å²) >= 11 is 12.2. The van der Waals surface area contributed by atoms with E-state index < -0.39 is 22.0 Å². The smallest absolute Gasteiger partial charge is 0.244 e. The number of carbonyl (C=O) groups is 1. The van der Waals surface area contributed by atoms with Gasteiger partial charge in [-0.2, -0.15) is 0 Å². The summed E-state index contributed by atoms with van der Waals surface area (Å²) in [5, 5.41) is 3.29. The maximum Gasteiger partial charge on any atom is 0.244 e. The summed E-state index contributed by atoms with van der Waals surface area (Å²) in [6.07, 6.45) is 1.29. The van der Waals surface area contributed by atoms with E-state index in [2.05, 4.69) is 5.32 Å². The van der Waals surface area contributed by atoms with Gasteiger partial charge in [0.1, 0.15) is 11.8 Å². The number of halogens is 2. The predicted octanol–water partition coefficient (Wildman–Crippen LogP) is 3.86. The Bertz CT molecular complexity index is 933. The van der Waals surface area contributed by atoms with Gasteiger partial charge in [0.15, 0.2) is 0 Å². The first-order valence-corrected chi connectivity index (χ1v) is 11.1. The van der Waals surface area contributed by atoms with E-state index in [-0.39, 0.29) is 23.7 Å². The SMILES string of the molecule is CC[C@H](C(=O)NCc1ccc(OC)cc1)N(c1cc(Cl)ccc1Cl)S(C)(=O)=O. The summed E-state index contributed by atoms with van der Waals surface area (Å²) < 4.78 is 31.1. The van der Waals surface area contributed by atoms with E-state index in [1.54, 1.807) is 32.2 Å². The van der Waals surface area contributed by atoms with Gasteiger partial charge in [0.2, 0.25) is 15.9 Å². The van der Waals surface area contributed by atoms with E-state index in [9.17, 15) is 13.2 Å². The van der Waals surface area contributed by atoms with Crippen LogP contribution < -0.4 is 14.4 Å². The molecule has 1 atom stereocenters. The van der Waals surface area contributed by atoms with Gasteiger partial charge >= 0.3 is 0 Å². The maximum atomic E-state index is 12.8. The van der Waals surface area contributed by atoms with Crippen LogP contribution in [0.3, 0.4) is 0 Å². The number of hydrogen-bond donors (Lipinski definition) is 1. The molecule has 0 spiro atoms. The summed E-state index contributed by atoms with van der Waals surface area (Å²) in [5.74, 6) is 0.278. The molecule has 2 rings (SSSR count). The number of anilines is 1. The Balaban J connectivity index is 2.27. The molecule has 2 aromatic rings. The van der Waals surface area contributed by atoms with E-state index in [0.29, 0.717) is 10.8 Å². The van der Waals surface area contributed by atoms with Crippen LogP contribution in [0, 0.1) is 0 Å². The lowest BCUT2D eigenvalue weighted by molar-refractivity contribution is -0.122. The average molecular weight is 445 g/mol. The van der Waals surface area contributed by atoms with Gasteiger partial charge in [-0.15, -0.1) is 0 Å². The summed E-state index contributed by atoms with van der Waals surface area (Å²) in [7, 11) is -2.22.